The molecule has 0 amide bonds. The number of aryl methyl sites for hydroxylation is 1. The van der Waals surface area contributed by atoms with Crippen LogP contribution in [0.5, 0.6) is 0 Å². The normalized spacial score (nSPS) is 14.5. The van der Waals surface area contributed by atoms with E-state index in [0.717, 1.165) is 37.0 Å². The standard InChI is InChI=1S/C16H21N3OS/c1-2-4-15-18-16(20-19-15)11-21-14-6-3-5-12(9-14)10-17-13-7-8-13/h3,5-6,9,13,17H,2,4,7-8,10-11H2,1H3. The Kier molecular flexibility index (Phi) is 4.93. The third-order valence-electron chi connectivity index (χ3n) is 3.42. The van der Waals surface area contributed by atoms with Crippen LogP contribution in [0.4, 0.5) is 0 Å². The Morgan fingerprint density at radius 2 is 2.29 bits per heavy atom. The zero-order valence-corrected chi connectivity index (χ0v) is 13.2. The van der Waals surface area contributed by atoms with Crippen LogP contribution in [0.15, 0.2) is 33.7 Å². The fraction of sp³-hybridized carbons (Fsp3) is 0.500. The van der Waals surface area contributed by atoms with Crippen molar-refractivity contribution in [3.63, 3.8) is 0 Å². The molecule has 4 nitrogen and oxygen atoms in total. The van der Waals surface area contributed by atoms with E-state index in [-0.39, 0.29) is 0 Å². The zero-order chi connectivity index (χ0) is 14.5. The Bertz CT molecular complexity index is 580. The predicted molar refractivity (Wildman–Crippen MR) is 84.2 cm³/mol. The molecular weight excluding hydrogens is 282 g/mol. The molecule has 0 aliphatic heterocycles. The number of nitrogens with zero attached hydrogens (tertiary/aromatic N) is 2. The van der Waals surface area contributed by atoms with Crippen molar-refractivity contribution in [1.82, 2.24) is 15.5 Å². The SMILES string of the molecule is CCCc1noc(CSc2cccc(CNC3CC3)c2)n1. The minimum absolute atomic E-state index is 0.713. The monoisotopic (exact) mass is 303 g/mol. The largest absolute Gasteiger partial charge is 0.338 e. The Balaban J connectivity index is 1.52. The Morgan fingerprint density at radius 1 is 1.38 bits per heavy atom. The molecule has 3 rings (SSSR count). The van der Waals surface area contributed by atoms with Crippen molar-refractivity contribution in [2.45, 2.75) is 55.8 Å². The van der Waals surface area contributed by atoms with Gasteiger partial charge in [-0.1, -0.05) is 24.2 Å². The highest BCUT2D eigenvalue weighted by Crippen LogP contribution is 2.24. The third-order valence-corrected chi connectivity index (χ3v) is 4.40. The molecule has 1 N–H and O–H groups in total. The number of rotatable bonds is 8. The molecule has 2 aromatic rings. The van der Waals surface area contributed by atoms with Crippen LogP contribution in [-0.4, -0.2) is 16.2 Å². The Morgan fingerprint density at radius 3 is 3.10 bits per heavy atom. The molecule has 112 valence electrons. The quantitative estimate of drug-likeness (QED) is 0.756. The number of nitrogens with one attached hydrogen (secondary N) is 1. The van der Waals surface area contributed by atoms with Crippen LogP contribution in [0.3, 0.4) is 0 Å². The van der Waals surface area contributed by atoms with E-state index in [9.17, 15) is 0 Å². The lowest BCUT2D eigenvalue weighted by Crippen LogP contribution is -2.15. The van der Waals surface area contributed by atoms with Gasteiger partial charge in [-0.25, -0.2) is 0 Å². The maximum absolute atomic E-state index is 5.26. The summed E-state index contributed by atoms with van der Waals surface area (Å²) in [5, 5.41) is 7.52. The lowest BCUT2D eigenvalue weighted by atomic mass is 10.2. The lowest BCUT2D eigenvalue weighted by Gasteiger charge is -2.05. The van der Waals surface area contributed by atoms with Gasteiger partial charge in [-0.2, -0.15) is 4.98 Å². The van der Waals surface area contributed by atoms with Crippen LogP contribution < -0.4 is 5.32 Å². The summed E-state index contributed by atoms with van der Waals surface area (Å²) in [7, 11) is 0. The van der Waals surface area contributed by atoms with Gasteiger partial charge in [0.05, 0.1) is 5.75 Å². The summed E-state index contributed by atoms with van der Waals surface area (Å²) in [4.78, 5) is 5.64. The third kappa shape index (κ3) is 4.58. The van der Waals surface area contributed by atoms with Gasteiger partial charge in [-0.05, 0) is 37.0 Å². The van der Waals surface area contributed by atoms with Gasteiger partial charge in [-0.15, -0.1) is 11.8 Å². The van der Waals surface area contributed by atoms with E-state index in [1.54, 1.807) is 11.8 Å². The molecule has 1 aromatic heterocycles. The van der Waals surface area contributed by atoms with E-state index in [1.807, 2.05) is 0 Å². The molecule has 1 aliphatic carbocycles. The second kappa shape index (κ2) is 7.09. The summed E-state index contributed by atoms with van der Waals surface area (Å²) >= 11 is 1.74. The molecule has 0 radical (unpaired) electrons. The van der Waals surface area contributed by atoms with E-state index >= 15 is 0 Å². The van der Waals surface area contributed by atoms with Gasteiger partial charge in [0, 0.05) is 23.9 Å². The first-order chi connectivity index (χ1) is 10.3. The molecule has 0 spiro atoms. The van der Waals surface area contributed by atoms with Crippen molar-refractivity contribution >= 4 is 11.8 Å². The van der Waals surface area contributed by atoms with E-state index in [1.165, 1.54) is 23.3 Å². The van der Waals surface area contributed by atoms with Crippen LogP contribution >= 0.6 is 11.8 Å². The van der Waals surface area contributed by atoms with Gasteiger partial charge in [0.2, 0.25) is 5.89 Å². The highest BCUT2D eigenvalue weighted by atomic mass is 32.2. The molecule has 0 atom stereocenters. The van der Waals surface area contributed by atoms with Crippen LogP contribution in [0, 0.1) is 0 Å². The summed E-state index contributed by atoms with van der Waals surface area (Å²) in [6, 6.07) is 9.41. The van der Waals surface area contributed by atoms with E-state index in [4.69, 9.17) is 4.52 Å². The maximum atomic E-state index is 5.26. The second-order valence-corrected chi connectivity index (χ2v) is 6.49. The first kappa shape index (κ1) is 14.6. The summed E-state index contributed by atoms with van der Waals surface area (Å²) in [6.45, 7) is 3.08. The van der Waals surface area contributed by atoms with Gasteiger partial charge in [0.15, 0.2) is 5.82 Å². The fourth-order valence-electron chi connectivity index (χ4n) is 2.11. The zero-order valence-electron chi connectivity index (χ0n) is 12.3. The lowest BCUT2D eigenvalue weighted by molar-refractivity contribution is 0.384. The highest BCUT2D eigenvalue weighted by molar-refractivity contribution is 7.98. The number of hydrogen-bond acceptors (Lipinski definition) is 5. The molecule has 5 heteroatoms. The van der Waals surface area contributed by atoms with Gasteiger partial charge >= 0.3 is 0 Å². The number of aromatic nitrogens is 2. The van der Waals surface area contributed by atoms with Crippen LogP contribution in [-0.2, 0) is 18.7 Å². The summed E-state index contributed by atoms with van der Waals surface area (Å²) in [5.74, 6) is 2.26. The first-order valence-electron chi connectivity index (χ1n) is 7.60. The fourth-order valence-corrected chi connectivity index (χ4v) is 2.93. The molecule has 0 unspecified atom stereocenters. The summed E-state index contributed by atoms with van der Waals surface area (Å²) in [6.07, 6.45) is 4.58. The average Bonchev–Trinajstić information content (AvgIpc) is 3.23. The Labute approximate surface area is 129 Å². The van der Waals surface area contributed by atoms with Gasteiger partial charge in [-0.3, -0.25) is 0 Å². The Hall–Kier alpha value is -1.33. The average molecular weight is 303 g/mol. The van der Waals surface area contributed by atoms with Crippen molar-refractivity contribution in [2.75, 3.05) is 0 Å². The van der Waals surface area contributed by atoms with E-state index < -0.39 is 0 Å². The van der Waals surface area contributed by atoms with E-state index in [2.05, 4.69) is 46.6 Å². The molecule has 1 aromatic carbocycles. The molecule has 21 heavy (non-hydrogen) atoms. The molecule has 1 fully saturated rings. The van der Waals surface area contributed by atoms with Crippen molar-refractivity contribution < 1.29 is 4.52 Å². The minimum Gasteiger partial charge on any atom is -0.338 e. The summed E-state index contributed by atoms with van der Waals surface area (Å²) < 4.78 is 5.26. The maximum Gasteiger partial charge on any atom is 0.237 e. The van der Waals surface area contributed by atoms with Crippen molar-refractivity contribution in [3.8, 4) is 0 Å². The van der Waals surface area contributed by atoms with Gasteiger partial charge in [0.25, 0.3) is 0 Å². The number of benzene rings is 1. The van der Waals surface area contributed by atoms with Crippen LogP contribution in [0.25, 0.3) is 0 Å². The second-order valence-electron chi connectivity index (χ2n) is 5.45. The minimum atomic E-state index is 0.713. The van der Waals surface area contributed by atoms with Crippen LogP contribution in [0.2, 0.25) is 0 Å². The summed E-state index contributed by atoms with van der Waals surface area (Å²) in [5.41, 5.74) is 1.34. The van der Waals surface area contributed by atoms with Crippen LogP contribution in [0.1, 0.15) is 43.5 Å². The van der Waals surface area contributed by atoms with Crippen molar-refractivity contribution in [1.29, 1.82) is 0 Å². The molecule has 1 aliphatic rings. The molecular formula is C16H21N3OS. The number of hydrogen-bond donors (Lipinski definition) is 1. The molecule has 1 saturated carbocycles. The predicted octanol–water partition coefficient (Wildman–Crippen LogP) is 3.57. The van der Waals surface area contributed by atoms with Crippen molar-refractivity contribution in [3.05, 3.63) is 41.5 Å². The number of thioether (sulfide) groups is 1. The molecule has 0 bridgehead atoms. The topological polar surface area (TPSA) is 51.0 Å². The first-order valence-corrected chi connectivity index (χ1v) is 8.58. The van der Waals surface area contributed by atoms with E-state index in [0.29, 0.717) is 5.89 Å². The highest BCUT2D eigenvalue weighted by Gasteiger charge is 2.19. The van der Waals surface area contributed by atoms with Crippen molar-refractivity contribution in [2.24, 2.45) is 0 Å². The molecule has 1 heterocycles. The van der Waals surface area contributed by atoms with Gasteiger partial charge < -0.3 is 9.84 Å². The smallest absolute Gasteiger partial charge is 0.237 e. The van der Waals surface area contributed by atoms with Gasteiger partial charge in [0.1, 0.15) is 0 Å². The molecule has 0 saturated heterocycles.